The lowest BCUT2D eigenvalue weighted by Gasteiger charge is -2.39. The van der Waals surface area contributed by atoms with E-state index >= 15 is 0 Å². The summed E-state index contributed by atoms with van der Waals surface area (Å²) in [6.07, 6.45) is 5.72. The Kier molecular flexibility index (Phi) is 5.53. The molecule has 3 N–H and O–H groups in total. The molecular weight excluding hydrogens is 354 g/mol. The first-order valence-electron chi connectivity index (χ1n) is 9.14. The molecule has 1 aromatic heterocycles. The number of ether oxygens (including phenoxy) is 1. The number of rotatable bonds is 5. The molecule has 1 aliphatic heterocycles. The zero-order valence-electron chi connectivity index (χ0n) is 15.4. The molecule has 0 atom stereocenters. The molecule has 0 bridgehead atoms. The number of fused-ring (bicyclic) bond motifs is 1. The van der Waals surface area contributed by atoms with Gasteiger partial charge in [-0.2, -0.15) is 0 Å². The minimum absolute atomic E-state index is 0.0185. The molecule has 1 spiro atoms. The Labute approximate surface area is 157 Å². The van der Waals surface area contributed by atoms with Crippen molar-refractivity contribution in [1.29, 1.82) is 0 Å². The van der Waals surface area contributed by atoms with Gasteiger partial charge in [0, 0.05) is 30.1 Å². The van der Waals surface area contributed by atoms with E-state index < -0.39 is 11.5 Å². The zero-order chi connectivity index (χ0) is 18.8. The number of carboxylic acids is 1. The first-order valence-corrected chi connectivity index (χ1v) is 9.96. The van der Waals surface area contributed by atoms with Crippen molar-refractivity contribution in [2.45, 2.75) is 64.3 Å². The number of amides is 2. The molecule has 1 fully saturated rings. The molecule has 0 aromatic carbocycles. The van der Waals surface area contributed by atoms with Gasteiger partial charge in [0.25, 0.3) is 0 Å². The summed E-state index contributed by atoms with van der Waals surface area (Å²) in [5.74, 6) is -0.866. The van der Waals surface area contributed by atoms with Gasteiger partial charge in [-0.1, -0.05) is 0 Å². The van der Waals surface area contributed by atoms with E-state index in [1.165, 1.54) is 4.88 Å². The maximum atomic E-state index is 12.3. The Balaban J connectivity index is 1.58. The van der Waals surface area contributed by atoms with Crippen LogP contribution in [-0.4, -0.2) is 40.8 Å². The van der Waals surface area contributed by atoms with Gasteiger partial charge in [0.05, 0.1) is 5.69 Å². The van der Waals surface area contributed by atoms with E-state index in [1.807, 2.05) is 13.8 Å². The van der Waals surface area contributed by atoms with Gasteiger partial charge >= 0.3 is 12.0 Å². The monoisotopic (exact) mass is 381 g/mol. The largest absolute Gasteiger partial charge is 0.481 e. The maximum Gasteiger partial charge on any atom is 0.321 e. The van der Waals surface area contributed by atoms with Crippen molar-refractivity contribution in [3.8, 4) is 0 Å². The van der Waals surface area contributed by atoms with Gasteiger partial charge in [0.15, 0.2) is 5.13 Å². The van der Waals surface area contributed by atoms with Crippen molar-refractivity contribution in [2.24, 2.45) is 5.41 Å². The SMILES string of the molecule is CC(C)(CCC(=O)O)NC(=O)Nc1nc2c(s1)CC1(CCOCC1)CC2. The lowest BCUT2D eigenvalue weighted by molar-refractivity contribution is -0.137. The fourth-order valence-corrected chi connectivity index (χ4v) is 4.91. The van der Waals surface area contributed by atoms with Gasteiger partial charge < -0.3 is 15.2 Å². The molecule has 0 radical (unpaired) electrons. The van der Waals surface area contributed by atoms with E-state index in [2.05, 4.69) is 15.6 Å². The Hall–Kier alpha value is -1.67. The Morgan fingerprint density at radius 1 is 1.31 bits per heavy atom. The normalized spacial score (nSPS) is 19.0. The number of carbonyl (C=O) groups excluding carboxylic acids is 1. The van der Waals surface area contributed by atoms with Crippen LogP contribution in [0.4, 0.5) is 9.93 Å². The summed E-state index contributed by atoms with van der Waals surface area (Å²) in [6.45, 7) is 5.31. The highest BCUT2D eigenvalue weighted by Crippen LogP contribution is 2.45. The predicted octanol–water partition coefficient (Wildman–Crippen LogP) is 3.19. The molecule has 0 unspecified atom stereocenters. The fourth-order valence-electron chi connectivity index (χ4n) is 3.73. The van der Waals surface area contributed by atoms with Gasteiger partial charge in [-0.3, -0.25) is 10.1 Å². The van der Waals surface area contributed by atoms with Crippen LogP contribution < -0.4 is 10.6 Å². The average Bonchev–Trinajstić information content (AvgIpc) is 2.94. The molecule has 2 aliphatic rings. The summed E-state index contributed by atoms with van der Waals surface area (Å²) >= 11 is 1.56. The lowest BCUT2D eigenvalue weighted by atomic mass is 9.70. The third kappa shape index (κ3) is 4.73. The van der Waals surface area contributed by atoms with Crippen molar-refractivity contribution < 1.29 is 19.4 Å². The number of nitrogens with one attached hydrogen (secondary N) is 2. The van der Waals surface area contributed by atoms with Gasteiger partial charge in [-0.25, -0.2) is 9.78 Å². The number of carboxylic acid groups (broad SMARTS) is 1. The number of aryl methyl sites for hydroxylation is 1. The van der Waals surface area contributed by atoms with E-state index in [1.54, 1.807) is 11.3 Å². The van der Waals surface area contributed by atoms with Crippen LogP contribution in [0, 0.1) is 5.41 Å². The van der Waals surface area contributed by atoms with Crippen molar-refractivity contribution in [3.05, 3.63) is 10.6 Å². The second-order valence-electron chi connectivity index (χ2n) is 8.03. The minimum Gasteiger partial charge on any atom is -0.481 e. The van der Waals surface area contributed by atoms with E-state index in [-0.39, 0.29) is 12.5 Å². The van der Waals surface area contributed by atoms with Crippen LogP contribution in [0.5, 0.6) is 0 Å². The molecule has 7 nitrogen and oxygen atoms in total. The Bertz CT molecular complexity index is 680. The number of urea groups is 1. The van der Waals surface area contributed by atoms with Gasteiger partial charge in [0.2, 0.25) is 0 Å². The van der Waals surface area contributed by atoms with E-state index in [9.17, 15) is 9.59 Å². The smallest absolute Gasteiger partial charge is 0.321 e. The number of hydrogen-bond donors (Lipinski definition) is 3. The van der Waals surface area contributed by atoms with E-state index in [0.717, 1.165) is 51.0 Å². The van der Waals surface area contributed by atoms with Crippen molar-refractivity contribution in [2.75, 3.05) is 18.5 Å². The number of aliphatic carboxylic acids is 1. The number of hydrogen-bond acceptors (Lipinski definition) is 5. The summed E-state index contributed by atoms with van der Waals surface area (Å²) < 4.78 is 5.51. The van der Waals surface area contributed by atoms with E-state index in [0.29, 0.717) is 17.0 Å². The number of anilines is 1. The van der Waals surface area contributed by atoms with Gasteiger partial charge in [0.1, 0.15) is 0 Å². The number of thiazole rings is 1. The second kappa shape index (κ2) is 7.52. The first-order chi connectivity index (χ1) is 12.3. The number of nitrogens with zero attached hydrogens (tertiary/aromatic N) is 1. The molecule has 2 heterocycles. The van der Waals surface area contributed by atoms with Crippen molar-refractivity contribution in [3.63, 3.8) is 0 Å². The molecule has 2 amide bonds. The van der Waals surface area contributed by atoms with Crippen LogP contribution in [0.2, 0.25) is 0 Å². The molecule has 26 heavy (non-hydrogen) atoms. The van der Waals surface area contributed by atoms with Crippen LogP contribution >= 0.6 is 11.3 Å². The highest BCUT2D eigenvalue weighted by Gasteiger charge is 2.37. The first kappa shape index (κ1) is 19.1. The number of aromatic nitrogens is 1. The molecule has 3 rings (SSSR count). The number of carbonyl (C=O) groups is 2. The molecule has 0 saturated carbocycles. The van der Waals surface area contributed by atoms with Crippen LogP contribution in [0.15, 0.2) is 0 Å². The average molecular weight is 381 g/mol. The van der Waals surface area contributed by atoms with Crippen molar-refractivity contribution >= 4 is 28.5 Å². The summed E-state index contributed by atoms with van der Waals surface area (Å²) in [4.78, 5) is 28.9. The van der Waals surface area contributed by atoms with Crippen LogP contribution in [0.25, 0.3) is 0 Å². The fraction of sp³-hybridized carbons (Fsp3) is 0.722. The topological polar surface area (TPSA) is 101 Å². The molecule has 1 aromatic rings. The molecular formula is C18H27N3O4S. The quantitative estimate of drug-likeness (QED) is 0.727. The third-order valence-corrected chi connectivity index (χ3v) is 6.41. The lowest BCUT2D eigenvalue weighted by Crippen LogP contribution is -2.45. The minimum atomic E-state index is -0.866. The van der Waals surface area contributed by atoms with Crippen LogP contribution in [0.3, 0.4) is 0 Å². The maximum absolute atomic E-state index is 12.3. The highest BCUT2D eigenvalue weighted by molar-refractivity contribution is 7.15. The molecule has 8 heteroatoms. The van der Waals surface area contributed by atoms with E-state index in [4.69, 9.17) is 9.84 Å². The Morgan fingerprint density at radius 3 is 2.73 bits per heavy atom. The summed E-state index contributed by atoms with van der Waals surface area (Å²) in [6, 6.07) is -0.340. The predicted molar refractivity (Wildman–Crippen MR) is 99.7 cm³/mol. The zero-order valence-corrected chi connectivity index (χ0v) is 16.2. The molecule has 1 aliphatic carbocycles. The molecule has 1 saturated heterocycles. The highest BCUT2D eigenvalue weighted by atomic mass is 32.1. The van der Waals surface area contributed by atoms with Gasteiger partial charge in [-0.15, -0.1) is 11.3 Å². The Morgan fingerprint density at radius 2 is 2.04 bits per heavy atom. The van der Waals surface area contributed by atoms with Crippen molar-refractivity contribution in [1.82, 2.24) is 10.3 Å². The summed E-state index contributed by atoms with van der Waals surface area (Å²) in [5.41, 5.74) is 0.856. The van der Waals surface area contributed by atoms with Crippen LogP contribution in [-0.2, 0) is 22.4 Å². The standard InChI is InChI=1S/C18H27N3O4S/c1-17(2,5-4-14(22)23)21-15(24)20-16-19-12-3-6-18(11-13(12)26-16)7-9-25-10-8-18/h3-11H2,1-2H3,(H,22,23)(H2,19,20,21,24). The van der Waals surface area contributed by atoms with Gasteiger partial charge in [-0.05, 0) is 57.8 Å². The molecule has 144 valence electrons. The third-order valence-electron chi connectivity index (χ3n) is 5.40. The second-order valence-corrected chi connectivity index (χ2v) is 9.12. The van der Waals surface area contributed by atoms with Crippen LogP contribution in [0.1, 0.15) is 56.5 Å². The summed E-state index contributed by atoms with van der Waals surface area (Å²) in [7, 11) is 0. The summed E-state index contributed by atoms with van der Waals surface area (Å²) in [5, 5.41) is 15.1.